The average Bonchev–Trinajstić information content (AvgIpc) is 2.88. The summed E-state index contributed by atoms with van der Waals surface area (Å²) in [6.07, 6.45) is 3.74. The number of aliphatic hydroxyl groups is 1. The van der Waals surface area contributed by atoms with Crippen molar-refractivity contribution in [2.24, 2.45) is 0 Å². The maximum atomic E-state index is 9.98. The summed E-state index contributed by atoms with van der Waals surface area (Å²) in [4.78, 5) is 0. The van der Waals surface area contributed by atoms with Gasteiger partial charge in [0.1, 0.15) is 0 Å². The first kappa shape index (κ1) is 25.9. The van der Waals surface area contributed by atoms with E-state index in [1.54, 1.807) is 6.08 Å². The predicted molar refractivity (Wildman–Crippen MR) is 129 cm³/mol. The zero-order chi connectivity index (χ0) is 22.5. The predicted octanol–water partition coefficient (Wildman–Crippen LogP) is 5.65. The van der Waals surface area contributed by atoms with Crippen molar-refractivity contribution >= 4 is 16.6 Å². The summed E-state index contributed by atoms with van der Waals surface area (Å²) in [5.41, 5.74) is 1.84. The smallest absolute Gasteiger partial charge is 0.193 e. The van der Waals surface area contributed by atoms with Gasteiger partial charge in [0.2, 0.25) is 0 Å². The highest BCUT2D eigenvalue weighted by atomic mass is 28.4. The molecule has 0 radical (unpaired) electrons. The summed E-state index contributed by atoms with van der Waals surface area (Å²) in [5.74, 6) is 12.4. The highest BCUT2D eigenvalue weighted by Crippen LogP contribution is 2.37. The van der Waals surface area contributed by atoms with E-state index in [0.717, 1.165) is 11.1 Å². The van der Waals surface area contributed by atoms with E-state index in [1.807, 2.05) is 6.08 Å². The quantitative estimate of drug-likeness (QED) is 0.460. The largest absolute Gasteiger partial charge is 0.406 e. The van der Waals surface area contributed by atoms with E-state index in [1.165, 1.54) is 0 Å². The van der Waals surface area contributed by atoms with Gasteiger partial charge in [0.25, 0.3) is 0 Å². The van der Waals surface area contributed by atoms with Gasteiger partial charge in [0.15, 0.2) is 16.6 Å². The van der Waals surface area contributed by atoms with Crippen LogP contribution in [-0.4, -0.2) is 41.1 Å². The Labute approximate surface area is 181 Å². The minimum absolute atomic E-state index is 0.171. The highest BCUT2D eigenvalue weighted by molar-refractivity contribution is 6.74. The summed E-state index contributed by atoms with van der Waals surface area (Å²) in [6.45, 7) is 23.1. The van der Waals surface area contributed by atoms with Gasteiger partial charge in [-0.2, -0.15) is 0 Å². The van der Waals surface area contributed by atoms with Crippen molar-refractivity contribution in [3.63, 3.8) is 0 Å². The number of rotatable bonds is 4. The van der Waals surface area contributed by atoms with Crippen LogP contribution in [0.15, 0.2) is 23.3 Å². The Kier molecular flexibility index (Phi) is 8.78. The standard InChI is InChI=1S/C24H40O3Si2/c1-23(2,3)28(7,8)26-16-12-11-14-20-18-22(25)19-21(20)15-13-17-27-29(9,10)24(4,5)6/h14,19,22,25H,16-18H2,1-10H3/b20-14-. The molecule has 0 saturated heterocycles. The molecule has 5 heteroatoms. The van der Waals surface area contributed by atoms with E-state index < -0.39 is 22.7 Å². The number of aliphatic hydroxyl groups excluding tert-OH is 1. The first-order valence-electron chi connectivity index (χ1n) is 10.4. The number of hydrogen-bond acceptors (Lipinski definition) is 3. The van der Waals surface area contributed by atoms with E-state index in [2.05, 4.69) is 91.4 Å². The summed E-state index contributed by atoms with van der Waals surface area (Å²) >= 11 is 0. The number of allylic oxidation sites excluding steroid dienone is 2. The lowest BCUT2D eigenvalue weighted by molar-refractivity contribution is 0.230. The third-order valence-electron chi connectivity index (χ3n) is 6.33. The van der Waals surface area contributed by atoms with Crippen LogP contribution < -0.4 is 0 Å². The maximum absolute atomic E-state index is 9.98. The van der Waals surface area contributed by atoms with E-state index >= 15 is 0 Å². The van der Waals surface area contributed by atoms with Crippen LogP contribution in [0, 0.1) is 23.7 Å². The molecule has 3 nitrogen and oxygen atoms in total. The molecule has 1 atom stereocenters. The van der Waals surface area contributed by atoms with E-state index in [-0.39, 0.29) is 10.1 Å². The van der Waals surface area contributed by atoms with Gasteiger partial charge in [-0.1, -0.05) is 65.2 Å². The van der Waals surface area contributed by atoms with Gasteiger partial charge in [-0.3, -0.25) is 0 Å². The van der Waals surface area contributed by atoms with Crippen LogP contribution in [0.4, 0.5) is 0 Å². The van der Waals surface area contributed by atoms with Crippen LogP contribution in [0.3, 0.4) is 0 Å². The Balaban J connectivity index is 2.70. The molecule has 0 fully saturated rings. The molecule has 0 spiro atoms. The molecule has 1 rings (SSSR count). The van der Waals surface area contributed by atoms with E-state index in [0.29, 0.717) is 19.6 Å². The van der Waals surface area contributed by atoms with Gasteiger partial charge < -0.3 is 14.0 Å². The van der Waals surface area contributed by atoms with Crippen molar-refractivity contribution in [1.29, 1.82) is 0 Å². The molecule has 0 aromatic rings. The van der Waals surface area contributed by atoms with Crippen molar-refractivity contribution in [3.05, 3.63) is 23.3 Å². The van der Waals surface area contributed by atoms with Crippen LogP contribution in [0.1, 0.15) is 48.0 Å². The lowest BCUT2D eigenvalue weighted by Gasteiger charge is -2.35. The van der Waals surface area contributed by atoms with Crippen LogP contribution in [-0.2, 0) is 8.85 Å². The second-order valence-electron chi connectivity index (χ2n) is 10.7. The molecule has 1 unspecified atom stereocenters. The van der Waals surface area contributed by atoms with Gasteiger partial charge in [0, 0.05) is 12.0 Å². The van der Waals surface area contributed by atoms with Crippen molar-refractivity contribution < 1.29 is 14.0 Å². The molecular weight excluding hydrogens is 392 g/mol. The molecule has 0 amide bonds. The van der Waals surface area contributed by atoms with Crippen LogP contribution in [0.25, 0.3) is 0 Å². The SMILES string of the molecule is CC(C)(C)[Si](C)(C)OCC#C/C=C1/CC(O)C=C1C#CCO[Si](C)(C)C(C)(C)C. The van der Waals surface area contributed by atoms with Crippen LogP contribution in [0.5, 0.6) is 0 Å². The summed E-state index contributed by atoms with van der Waals surface area (Å²) in [7, 11) is -3.56. The zero-order valence-corrected chi connectivity index (χ0v) is 22.1. The summed E-state index contributed by atoms with van der Waals surface area (Å²) in [5, 5.41) is 10.3. The minimum atomic E-state index is -1.79. The molecule has 0 aromatic carbocycles. The van der Waals surface area contributed by atoms with Crippen molar-refractivity contribution in [1.82, 2.24) is 0 Å². The Morgan fingerprint density at radius 3 is 1.93 bits per heavy atom. The molecule has 1 N–H and O–H groups in total. The Hall–Kier alpha value is -1.09. The average molecular weight is 433 g/mol. The second-order valence-corrected chi connectivity index (χ2v) is 20.4. The molecule has 1 aliphatic rings. The lowest BCUT2D eigenvalue weighted by Crippen LogP contribution is -2.40. The molecule has 0 aromatic heterocycles. The second kappa shape index (κ2) is 9.81. The van der Waals surface area contributed by atoms with Crippen LogP contribution >= 0.6 is 0 Å². The van der Waals surface area contributed by atoms with Gasteiger partial charge in [-0.25, -0.2) is 0 Å². The summed E-state index contributed by atoms with van der Waals surface area (Å²) < 4.78 is 12.2. The first-order valence-corrected chi connectivity index (χ1v) is 16.2. The topological polar surface area (TPSA) is 38.7 Å². The van der Waals surface area contributed by atoms with Gasteiger partial charge in [-0.05, 0) is 54.0 Å². The van der Waals surface area contributed by atoms with Crippen molar-refractivity contribution in [3.8, 4) is 23.7 Å². The molecular formula is C24H40O3Si2. The minimum Gasteiger partial charge on any atom is -0.406 e. The van der Waals surface area contributed by atoms with Crippen molar-refractivity contribution in [2.75, 3.05) is 13.2 Å². The third kappa shape index (κ3) is 7.92. The van der Waals surface area contributed by atoms with Crippen molar-refractivity contribution in [2.45, 2.75) is 90.3 Å². The fourth-order valence-electron chi connectivity index (χ4n) is 2.13. The van der Waals surface area contributed by atoms with E-state index in [9.17, 15) is 5.11 Å². The van der Waals surface area contributed by atoms with Gasteiger partial charge >= 0.3 is 0 Å². The maximum Gasteiger partial charge on any atom is 0.193 e. The molecule has 0 bridgehead atoms. The third-order valence-corrected chi connectivity index (χ3v) is 15.3. The summed E-state index contributed by atoms with van der Waals surface area (Å²) in [6, 6.07) is 0. The Morgan fingerprint density at radius 2 is 1.45 bits per heavy atom. The number of hydrogen-bond donors (Lipinski definition) is 1. The monoisotopic (exact) mass is 432 g/mol. The molecule has 29 heavy (non-hydrogen) atoms. The first-order chi connectivity index (χ1) is 13.1. The molecule has 0 aliphatic heterocycles. The highest BCUT2D eigenvalue weighted by Gasteiger charge is 2.37. The van der Waals surface area contributed by atoms with E-state index in [4.69, 9.17) is 8.85 Å². The Bertz CT molecular complexity index is 754. The fourth-order valence-corrected chi connectivity index (χ4v) is 3.86. The van der Waals surface area contributed by atoms with Crippen LogP contribution in [0.2, 0.25) is 36.3 Å². The molecule has 0 saturated carbocycles. The van der Waals surface area contributed by atoms with Gasteiger partial charge in [0.05, 0.1) is 19.3 Å². The lowest BCUT2D eigenvalue weighted by atomic mass is 10.1. The zero-order valence-electron chi connectivity index (χ0n) is 20.1. The molecule has 162 valence electrons. The fraction of sp³-hybridized carbons (Fsp3) is 0.667. The molecule has 1 aliphatic carbocycles. The van der Waals surface area contributed by atoms with Gasteiger partial charge in [-0.15, -0.1) is 0 Å². The Morgan fingerprint density at radius 1 is 0.966 bits per heavy atom. The normalized spacial score (nSPS) is 19.3. The molecule has 0 heterocycles.